The van der Waals surface area contributed by atoms with E-state index in [4.69, 9.17) is 4.42 Å². The zero-order valence-electron chi connectivity index (χ0n) is 6.93. The van der Waals surface area contributed by atoms with Crippen LogP contribution in [0.25, 0.3) is 0 Å². The van der Waals surface area contributed by atoms with Gasteiger partial charge in [-0.2, -0.15) is 5.10 Å². The quantitative estimate of drug-likeness (QED) is 0.677. The smallest absolute Gasteiger partial charge is 0.337 e. The van der Waals surface area contributed by atoms with Crippen molar-refractivity contribution < 1.29 is 9.21 Å². The Balaban J connectivity index is 2.01. The highest BCUT2D eigenvalue weighted by Gasteiger charge is 2.17. The number of amides is 2. The number of urea groups is 1. The van der Waals surface area contributed by atoms with Gasteiger partial charge in [0.2, 0.25) is 0 Å². The summed E-state index contributed by atoms with van der Waals surface area (Å²) in [5.41, 5.74) is 0. The summed E-state index contributed by atoms with van der Waals surface area (Å²) in [4.78, 5) is 11.0. The minimum absolute atomic E-state index is 0.164. The lowest BCUT2D eigenvalue weighted by molar-refractivity contribution is 0.219. The second-order valence-electron chi connectivity index (χ2n) is 2.62. The SMILES string of the molecule is O=C1NCCN1/N=C/c1ccco1. The zero-order valence-corrected chi connectivity index (χ0v) is 6.93. The van der Waals surface area contributed by atoms with E-state index in [0.29, 0.717) is 18.8 Å². The van der Waals surface area contributed by atoms with Gasteiger partial charge in [0.05, 0.1) is 19.0 Å². The van der Waals surface area contributed by atoms with Gasteiger partial charge in [0.25, 0.3) is 0 Å². The Morgan fingerprint density at radius 1 is 1.69 bits per heavy atom. The van der Waals surface area contributed by atoms with Crippen LogP contribution in [-0.4, -0.2) is 30.3 Å². The van der Waals surface area contributed by atoms with Crippen LogP contribution in [-0.2, 0) is 0 Å². The number of hydrazone groups is 1. The molecule has 0 unspecified atom stereocenters. The number of hydrogen-bond acceptors (Lipinski definition) is 3. The van der Waals surface area contributed by atoms with Gasteiger partial charge in [0, 0.05) is 6.54 Å². The molecule has 0 saturated carbocycles. The molecule has 0 spiro atoms. The largest absolute Gasteiger partial charge is 0.463 e. The van der Waals surface area contributed by atoms with Crippen LogP contribution in [0.15, 0.2) is 27.9 Å². The number of rotatable bonds is 2. The third kappa shape index (κ3) is 1.69. The highest BCUT2D eigenvalue weighted by atomic mass is 16.3. The average Bonchev–Trinajstić information content (AvgIpc) is 2.72. The predicted octanol–water partition coefficient (Wildman–Crippen LogP) is 0.639. The Labute approximate surface area is 75.0 Å². The van der Waals surface area contributed by atoms with Crippen LogP contribution < -0.4 is 5.32 Å². The van der Waals surface area contributed by atoms with E-state index in [1.165, 1.54) is 11.2 Å². The normalized spacial score (nSPS) is 16.9. The van der Waals surface area contributed by atoms with E-state index in [1.807, 2.05) is 0 Å². The first-order valence-electron chi connectivity index (χ1n) is 3.99. The van der Waals surface area contributed by atoms with Crippen LogP contribution in [0, 0.1) is 0 Å². The Morgan fingerprint density at radius 3 is 3.23 bits per heavy atom. The highest BCUT2D eigenvalue weighted by molar-refractivity contribution is 5.80. The standard InChI is InChI=1S/C8H9N3O2/c12-8-9-3-4-11(8)10-6-7-2-1-5-13-7/h1-2,5-6H,3-4H2,(H,9,12)/b10-6+. The molecule has 68 valence electrons. The van der Waals surface area contributed by atoms with Gasteiger partial charge in [-0.15, -0.1) is 0 Å². The molecule has 0 radical (unpaired) electrons. The summed E-state index contributed by atoms with van der Waals surface area (Å²) in [6.45, 7) is 1.25. The second-order valence-corrected chi connectivity index (χ2v) is 2.62. The monoisotopic (exact) mass is 179 g/mol. The zero-order chi connectivity index (χ0) is 9.10. The molecule has 1 aromatic rings. The van der Waals surface area contributed by atoms with Crippen molar-refractivity contribution >= 4 is 12.2 Å². The molecule has 0 aromatic carbocycles. The fourth-order valence-electron chi connectivity index (χ4n) is 1.06. The molecule has 5 nitrogen and oxygen atoms in total. The van der Waals surface area contributed by atoms with Crippen molar-refractivity contribution in [3.8, 4) is 0 Å². The minimum Gasteiger partial charge on any atom is -0.463 e. The maximum atomic E-state index is 11.0. The lowest BCUT2D eigenvalue weighted by atomic mass is 10.5. The number of carbonyl (C=O) groups excluding carboxylic acids is 1. The van der Waals surface area contributed by atoms with Crippen molar-refractivity contribution in [1.82, 2.24) is 10.3 Å². The van der Waals surface area contributed by atoms with Crippen molar-refractivity contribution in [3.63, 3.8) is 0 Å². The topological polar surface area (TPSA) is 57.8 Å². The molecule has 13 heavy (non-hydrogen) atoms. The lowest BCUT2D eigenvalue weighted by Gasteiger charge is -2.03. The molecule has 2 amide bonds. The Hall–Kier alpha value is -1.78. The summed E-state index contributed by atoms with van der Waals surface area (Å²) in [6.07, 6.45) is 3.08. The summed E-state index contributed by atoms with van der Waals surface area (Å²) < 4.78 is 5.02. The summed E-state index contributed by atoms with van der Waals surface area (Å²) in [5.74, 6) is 0.639. The van der Waals surface area contributed by atoms with E-state index in [0.717, 1.165) is 0 Å². The van der Waals surface area contributed by atoms with Gasteiger partial charge in [-0.1, -0.05) is 0 Å². The molecule has 0 bridgehead atoms. The second kappa shape index (κ2) is 3.30. The van der Waals surface area contributed by atoms with Crippen molar-refractivity contribution in [2.45, 2.75) is 0 Å². The van der Waals surface area contributed by atoms with Crippen LogP contribution in [0.1, 0.15) is 5.76 Å². The molecule has 2 heterocycles. The van der Waals surface area contributed by atoms with Gasteiger partial charge >= 0.3 is 6.03 Å². The van der Waals surface area contributed by atoms with Gasteiger partial charge in [-0.3, -0.25) is 0 Å². The third-order valence-corrected chi connectivity index (χ3v) is 1.70. The van der Waals surface area contributed by atoms with Crippen molar-refractivity contribution in [3.05, 3.63) is 24.2 Å². The van der Waals surface area contributed by atoms with Crippen LogP contribution in [0.4, 0.5) is 4.79 Å². The summed E-state index contributed by atoms with van der Waals surface area (Å²) in [7, 11) is 0. The molecule has 5 heteroatoms. The number of nitrogens with zero attached hydrogens (tertiary/aromatic N) is 2. The molecule has 0 aliphatic carbocycles. The molecule has 1 aromatic heterocycles. The fourth-order valence-corrected chi connectivity index (χ4v) is 1.06. The summed E-state index contributed by atoms with van der Waals surface area (Å²) in [5, 5.41) is 7.96. The molecule has 1 aliphatic heterocycles. The van der Waals surface area contributed by atoms with Gasteiger partial charge in [-0.25, -0.2) is 9.80 Å². The lowest BCUT2D eigenvalue weighted by Crippen LogP contribution is -2.23. The van der Waals surface area contributed by atoms with Crippen molar-refractivity contribution in [2.75, 3.05) is 13.1 Å². The van der Waals surface area contributed by atoms with Crippen LogP contribution >= 0.6 is 0 Å². The highest BCUT2D eigenvalue weighted by Crippen LogP contribution is 1.99. The average molecular weight is 179 g/mol. The van der Waals surface area contributed by atoms with E-state index in [9.17, 15) is 4.79 Å². The van der Waals surface area contributed by atoms with Crippen LogP contribution in [0.3, 0.4) is 0 Å². The molecular formula is C8H9N3O2. The summed E-state index contributed by atoms with van der Waals surface area (Å²) >= 11 is 0. The Bertz CT molecular complexity index is 318. The van der Waals surface area contributed by atoms with Gasteiger partial charge < -0.3 is 9.73 Å². The first-order valence-corrected chi connectivity index (χ1v) is 3.99. The Kier molecular flexibility index (Phi) is 1.99. The fraction of sp³-hybridized carbons (Fsp3) is 0.250. The van der Waals surface area contributed by atoms with Crippen molar-refractivity contribution in [1.29, 1.82) is 0 Å². The molecule has 1 saturated heterocycles. The third-order valence-electron chi connectivity index (χ3n) is 1.70. The van der Waals surface area contributed by atoms with Crippen LogP contribution in [0.2, 0.25) is 0 Å². The first kappa shape index (κ1) is 7.85. The van der Waals surface area contributed by atoms with Crippen LogP contribution in [0.5, 0.6) is 0 Å². The predicted molar refractivity (Wildman–Crippen MR) is 46.4 cm³/mol. The van der Waals surface area contributed by atoms with Gasteiger partial charge in [-0.05, 0) is 12.1 Å². The van der Waals surface area contributed by atoms with Crippen molar-refractivity contribution in [2.24, 2.45) is 5.10 Å². The maximum absolute atomic E-state index is 11.0. The molecule has 1 fully saturated rings. The van der Waals surface area contributed by atoms with E-state index >= 15 is 0 Å². The molecule has 1 N–H and O–H groups in total. The number of furan rings is 1. The van der Waals surface area contributed by atoms with E-state index in [1.54, 1.807) is 18.4 Å². The van der Waals surface area contributed by atoms with Gasteiger partial charge in [0.1, 0.15) is 5.76 Å². The number of nitrogens with one attached hydrogen (secondary N) is 1. The number of carbonyl (C=O) groups is 1. The first-order chi connectivity index (χ1) is 6.36. The van der Waals surface area contributed by atoms with Gasteiger partial charge in [0.15, 0.2) is 0 Å². The van der Waals surface area contributed by atoms with E-state index < -0.39 is 0 Å². The number of hydrogen-bond donors (Lipinski definition) is 1. The van der Waals surface area contributed by atoms with E-state index in [-0.39, 0.29) is 6.03 Å². The molecule has 0 atom stereocenters. The minimum atomic E-state index is -0.164. The maximum Gasteiger partial charge on any atom is 0.337 e. The molecule has 2 rings (SSSR count). The van der Waals surface area contributed by atoms with E-state index in [2.05, 4.69) is 10.4 Å². The Morgan fingerprint density at radius 2 is 2.62 bits per heavy atom. The molecular weight excluding hydrogens is 170 g/mol. The summed E-state index contributed by atoms with van der Waals surface area (Å²) in [6, 6.07) is 3.38. The molecule has 1 aliphatic rings.